The van der Waals surface area contributed by atoms with Gasteiger partial charge in [0.15, 0.2) is 5.75 Å². The smallest absolute Gasteiger partial charge is 0.256 e. The van der Waals surface area contributed by atoms with Crippen LogP contribution in [0.4, 0.5) is 0 Å². The highest BCUT2D eigenvalue weighted by Crippen LogP contribution is 2.38. The van der Waals surface area contributed by atoms with Crippen molar-refractivity contribution in [2.45, 2.75) is 6.92 Å². The van der Waals surface area contributed by atoms with Crippen LogP contribution in [0.3, 0.4) is 0 Å². The summed E-state index contributed by atoms with van der Waals surface area (Å²) in [5.74, 6) is 1.17. The minimum atomic E-state index is 0.197. The molecule has 2 aromatic carbocycles. The lowest BCUT2D eigenvalue weighted by molar-refractivity contribution is 0.343. The van der Waals surface area contributed by atoms with E-state index in [2.05, 4.69) is 15.0 Å². The lowest BCUT2D eigenvalue weighted by atomic mass is 9.95. The zero-order valence-corrected chi connectivity index (χ0v) is 15.8. The number of aromatic hydroxyl groups is 1. The second-order valence-electron chi connectivity index (χ2n) is 6.33. The Morgan fingerprint density at radius 2 is 1.68 bits per heavy atom. The summed E-state index contributed by atoms with van der Waals surface area (Å²) < 4.78 is 10.6. The van der Waals surface area contributed by atoms with Gasteiger partial charge in [-0.15, -0.1) is 0 Å². The van der Waals surface area contributed by atoms with Crippen molar-refractivity contribution in [1.29, 1.82) is 0 Å². The molecule has 0 amide bonds. The Labute approximate surface area is 162 Å². The molecule has 1 N–H and O–H groups in total. The Bertz CT molecular complexity index is 1170. The summed E-state index contributed by atoms with van der Waals surface area (Å²) in [6, 6.07) is 13.1. The van der Waals surface area contributed by atoms with Crippen LogP contribution in [0.1, 0.15) is 5.69 Å². The van der Waals surface area contributed by atoms with E-state index in [1.807, 2.05) is 37.3 Å². The molecule has 0 saturated carbocycles. The van der Waals surface area contributed by atoms with E-state index in [0.29, 0.717) is 17.2 Å². The maximum atomic E-state index is 10.4. The first-order valence-electron chi connectivity index (χ1n) is 8.74. The number of phenols is 1. The highest BCUT2D eigenvalue weighted by Gasteiger charge is 2.15. The first-order valence-corrected chi connectivity index (χ1v) is 8.74. The standard InChI is InChI=1S/C22H19N3O3/c1-13-17-8-14(15-10-20(27-2)22(28-3)23-11-15)9-18(21(17)25-12-24-13)16-6-4-5-7-19(16)26/h4-12,26H,1-3H3. The highest BCUT2D eigenvalue weighted by molar-refractivity contribution is 5.99. The van der Waals surface area contributed by atoms with Gasteiger partial charge in [0.25, 0.3) is 5.88 Å². The predicted molar refractivity (Wildman–Crippen MR) is 108 cm³/mol. The van der Waals surface area contributed by atoms with Crippen molar-refractivity contribution >= 4 is 10.9 Å². The van der Waals surface area contributed by atoms with Gasteiger partial charge in [0.1, 0.15) is 12.1 Å². The number of rotatable bonds is 4. The van der Waals surface area contributed by atoms with Crippen molar-refractivity contribution in [2.75, 3.05) is 14.2 Å². The Kier molecular flexibility index (Phi) is 4.53. The molecule has 0 fully saturated rings. The van der Waals surface area contributed by atoms with Crippen molar-refractivity contribution in [3.63, 3.8) is 0 Å². The number of hydrogen-bond donors (Lipinski definition) is 1. The summed E-state index contributed by atoms with van der Waals surface area (Å²) in [6.45, 7) is 1.94. The number of pyridine rings is 1. The Balaban J connectivity index is 2.01. The van der Waals surface area contributed by atoms with Gasteiger partial charge in [-0.3, -0.25) is 0 Å². The SMILES string of the molecule is COc1cc(-c2cc(-c3ccccc3O)c3ncnc(C)c3c2)cnc1OC. The van der Waals surface area contributed by atoms with E-state index in [-0.39, 0.29) is 5.75 Å². The Morgan fingerprint density at radius 1 is 0.857 bits per heavy atom. The number of benzene rings is 2. The fourth-order valence-corrected chi connectivity index (χ4v) is 3.25. The average molecular weight is 373 g/mol. The Hall–Kier alpha value is -3.67. The summed E-state index contributed by atoms with van der Waals surface area (Å²) in [4.78, 5) is 13.1. The normalized spacial score (nSPS) is 10.8. The van der Waals surface area contributed by atoms with Gasteiger partial charge >= 0.3 is 0 Å². The minimum absolute atomic E-state index is 0.197. The molecule has 0 spiro atoms. The molecule has 0 aliphatic rings. The number of ether oxygens (including phenoxy) is 2. The third-order valence-corrected chi connectivity index (χ3v) is 4.70. The largest absolute Gasteiger partial charge is 0.507 e. The predicted octanol–water partition coefficient (Wildman–Crippen LogP) is 4.39. The number of aromatic nitrogens is 3. The third kappa shape index (κ3) is 2.99. The molecule has 28 heavy (non-hydrogen) atoms. The zero-order chi connectivity index (χ0) is 19.7. The van der Waals surface area contributed by atoms with Crippen molar-refractivity contribution in [2.24, 2.45) is 0 Å². The quantitative estimate of drug-likeness (QED) is 0.572. The number of phenolic OH excluding ortho intramolecular Hbond substituents is 1. The topological polar surface area (TPSA) is 77.4 Å². The minimum Gasteiger partial charge on any atom is -0.507 e. The van der Waals surface area contributed by atoms with Crippen LogP contribution in [0.5, 0.6) is 17.4 Å². The molecule has 2 heterocycles. The van der Waals surface area contributed by atoms with Crippen molar-refractivity contribution < 1.29 is 14.6 Å². The summed E-state index contributed by atoms with van der Waals surface area (Å²) >= 11 is 0. The van der Waals surface area contributed by atoms with Crippen molar-refractivity contribution in [3.8, 4) is 39.6 Å². The molecule has 0 unspecified atom stereocenters. The van der Waals surface area contributed by atoms with Gasteiger partial charge in [0.05, 0.1) is 19.7 Å². The van der Waals surface area contributed by atoms with Crippen LogP contribution in [0.25, 0.3) is 33.2 Å². The molecule has 6 heteroatoms. The van der Waals surface area contributed by atoms with Crippen LogP contribution in [0.15, 0.2) is 55.0 Å². The molecule has 0 aliphatic carbocycles. The zero-order valence-electron chi connectivity index (χ0n) is 15.8. The maximum absolute atomic E-state index is 10.4. The van der Waals surface area contributed by atoms with Gasteiger partial charge < -0.3 is 14.6 Å². The van der Waals surface area contributed by atoms with Gasteiger partial charge in [0.2, 0.25) is 0 Å². The Morgan fingerprint density at radius 3 is 2.43 bits per heavy atom. The molecule has 0 aliphatic heterocycles. The summed E-state index contributed by atoms with van der Waals surface area (Å²) in [7, 11) is 3.13. The van der Waals surface area contributed by atoms with Crippen LogP contribution in [-0.2, 0) is 0 Å². The van der Waals surface area contributed by atoms with Gasteiger partial charge in [-0.05, 0) is 36.8 Å². The fourth-order valence-electron chi connectivity index (χ4n) is 3.25. The van der Waals surface area contributed by atoms with Crippen LogP contribution in [-0.4, -0.2) is 34.3 Å². The molecule has 6 nitrogen and oxygen atoms in total. The van der Waals surface area contributed by atoms with E-state index in [0.717, 1.165) is 33.3 Å². The number of methoxy groups -OCH3 is 2. The van der Waals surface area contributed by atoms with Crippen molar-refractivity contribution in [1.82, 2.24) is 15.0 Å². The molecule has 0 bridgehead atoms. The molecule has 140 valence electrons. The van der Waals surface area contributed by atoms with Gasteiger partial charge in [0, 0.05) is 34.0 Å². The van der Waals surface area contributed by atoms with E-state index in [4.69, 9.17) is 9.47 Å². The van der Waals surface area contributed by atoms with E-state index in [1.165, 1.54) is 0 Å². The number of nitrogens with zero attached hydrogens (tertiary/aromatic N) is 3. The number of fused-ring (bicyclic) bond motifs is 1. The van der Waals surface area contributed by atoms with Gasteiger partial charge in [-0.25, -0.2) is 15.0 Å². The maximum Gasteiger partial charge on any atom is 0.256 e. The lowest BCUT2D eigenvalue weighted by Crippen LogP contribution is -1.95. The molecule has 0 radical (unpaired) electrons. The molecular weight excluding hydrogens is 354 g/mol. The fraction of sp³-hybridized carbons (Fsp3) is 0.136. The highest BCUT2D eigenvalue weighted by atomic mass is 16.5. The summed E-state index contributed by atoms with van der Waals surface area (Å²) in [5, 5.41) is 11.3. The average Bonchev–Trinajstić information content (AvgIpc) is 2.73. The van der Waals surface area contributed by atoms with Crippen LogP contribution >= 0.6 is 0 Å². The second kappa shape index (κ2) is 7.15. The lowest BCUT2D eigenvalue weighted by Gasteiger charge is -2.13. The molecule has 4 aromatic rings. The molecular formula is C22H19N3O3. The van der Waals surface area contributed by atoms with E-state index in [1.54, 1.807) is 38.9 Å². The molecule has 4 rings (SSSR count). The third-order valence-electron chi connectivity index (χ3n) is 4.70. The molecule has 2 aromatic heterocycles. The van der Waals surface area contributed by atoms with Crippen LogP contribution in [0.2, 0.25) is 0 Å². The van der Waals surface area contributed by atoms with E-state index in [9.17, 15) is 5.11 Å². The summed E-state index contributed by atoms with van der Waals surface area (Å²) in [6.07, 6.45) is 3.27. The van der Waals surface area contributed by atoms with Gasteiger partial charge in [-0.2, -0.15) is 0 Å². The first-order chi connectivity index (χ1) is 13.6. The number of para-hydroxylation sites is 1. The van der Waals surface area contributed by atoms with Crippen LogP contribution in [0, 0.1) is 6.92 Å². The first kappa shape index (κ1) is 17.7. The van der Waals surface area contributed by atoms with Crippen molar-refractivity contribution in [3.05, 3.63) is 60.7 Å². The molecule has 0 saturated heterocycles. The molecule has 0 atom stereocenters. The van der Waals surface area contributed by atoms with E-state index >= 15 is 0 Å². The number of aryl methyl sites for hydroxylation is 1. The van der Waals surface area contributed by atoms with Gasteiger partial charge in [-0.1, -0.05) is 18.2 Å². The second-order valence-corrected chi connectivity index (χ2v) is 6.33. The van der Waals surface area contributed by atoms with E-state index < -0.39 is 0 Å². The summed E-state index contributed by atoms with van der Waals surface area (Å²) in [5.41, 5.74) is 4.95. The monoisotopic (exact) mass is 373 g/mol. The number of hydrogen-bond acceptors (Lipinski definition) is 6. The van der Waals surface area contributed by atoms with Crippen LogP contribution < -0.4 is 9.47 Å².